The van der Waals surface area contributed by atoms with Gasteiger partial charge in [0.2, 0.25) is 5.91 Å². The quantitative estimate of drug-likeness (QED) is 0.731. The molecule has 0 spiro atoms. The Hall–Kier alpha value is -0.610. The van der Waals surface area contributed by atoms with Crippen molar-refractivity contribution in [3.63, 3.8) is 0 Å². The summed E-state index contributed by atoms with van der Waals surface area (Å²) in [5.74, 6) is 0.429. The Morgan fingerprint density at radius 1 is 1.38 bits per heavy atom. The molecule has 0 aromatic rings. The molecule has 0 aromatic carbocycles. The van der Waals surface area contributed by atoms with Crippen molar-refractivity contribution < 1.29 is 14.6 Å². The monoisotopic (exact) mass is 227 g/mol. The van der Waals surface area contributed by atoms with Gasteiger partial charge in [-0.05, 0) is 38.0 Å². The van der Waals surface area contributed by atoms with Crippen molar-refractivity contribution in [2.45, 2.75) is 50.7 Å². The normalized spacial score (nSPS) is 27.4. The molecule has 92 valence electrons. The summed E-state index contributed by atoms with van der Waals surface area (Å²) in [6.45, 7) is 1.18. The molecule has 2 unspecified atom stereocenters. The van der Waals surface area contributed by atoms with Crippen molar-refractivity contribution in [1.82, 2.24) is 5.32 Å². The van der Waals surface area contributed by atoms with Gasteiger partial charge in [0.15, 0.2) is 0 Å². The molecule has 2 N–H and O–H groups in total. The van der Waals surface area contributed by atoms with Crippen molar-refractivity contribution in [2.24, 2.45) is 5.92 Å². The smallest absolute Gasteiger partial charge is 0.222 e. The van der Waals surface area contributed by atoms with Crippen LogP contribution in [0.1, 0.15) is 38.5 Å². The lowest BCUT2D eigenvalue weighted by Gasteiger charge is -2.22. The van der Waals surface area contributed by atoms with Crippen molar-refractivity contribution in [2.75, 3.05) is 13.2 Å². The Labute approximate surface area is 96.4 Å². The molecular weight excluding hydrogens is 206 g/mol. The molecule has 0 radical (unpaired) electrons. The Morgan fingerprint density at radius 2 is 2.19 bits per heavy atom. The van der Waals surface area contributed by atoms with Crippen molar-refractivity contribution in [3.05, 3.63) is 0 Å². The van der Waals surface area contributed by atoms with Gasteiger partial charge >= 0.3 is 0 Å². The largest absolute Gasteiger partial charge is 0.391 e. The molecule has 16 heavy (non-hydrogen) atoms. The second-order valence-corrected chi connectivity index (χ2v) is 4.90. The van der Waals surface area contributed by atoms with Crippen LogP contribution in [0.2, 0.25) is 0 Å². The van der Waals surface area contributed by atoms with Crippen LogP contribution in [-0.4, -0.2) is 36.4 Å². The lowest BCUT2D eigenvalue weighted by atomic mass is 10.1. The molecule has 4 heteroatoms. The zero-order chi connectivity index (χ0) is 11.4. The van der Waals surface area contributed by atoms with Crippen LogP contribution in [0, 0.1) is 5.92 Å². The molecule has 2 rings (SSSR count). The van der Waals surface area contributed by atoms with E-state index in [1.807, 2.05) is 0 Å². The van der Waals surface area contributed by atoms with Gasteiger partial charge in [-0.25, -0.2) is 0 Å². The Kier molecular flexibility index (Phi) is 4.18. The standard InChI is InChI=1S/C12H21NO3/c14-11(9-4-5-9)8-13-12(15)7-10-3-1-2-6-16-10/h9-11,14H,1-8H2,(H,13,15). The number of ether oxygens (including phenoxy) is 1. The van der Waals surface area contributed by atoms with Crippen LogP contribution >= 0.6 is 0 Å². The van der Waals surface area contributed by atoms with Crippen molar-refractivity contribution in [1.29, 1.82) is 0 Å². The summed E-state index contributed by atoms with van der Waals surface area (Å²) in [7, 11) is 0. The second-order valence-electron chi connectivity index (χ2n) is 4.90. The molecule has 1 heterocycles. The van der Waals surface area contributed by atoms with Crippen LogP contribution in [0.5, 0.6) is 0 Å². The average Bonchev–Trinajstić information content (AvgIpc) is 3.11. The van der Waals surface area contributed by atoms with E-state index < -0.39 is 0 Å². The highest BCUT2D eigenvalue weighted by atomic mass is 16.5. The molecule has 1 aliphatic heterocycles. The maximum Gasteiger partial charge on any atom is 0.222 e. The van der Waals surface area contributed by atoms with Gasteiger partial charge in [-0.15, -0.1) is 0 Å². The number of aliphatic hydroxyl groups is 1. The minimum atomic E-state index is -0.351. The van der Waals surface area contributed by atoms with Gasteiger partial charge in [-0.3, -0.25) is 4.79 Å². The fourth-order valence-corrected chi connectivity index (χ4v) is 2.11. The third-order valence-corrected chi connectivity index (χ3v) is 3.36. The second kappa shape index (κ2) is 5.64. The van der Waals surface area contributed by atoms with E-state index in [-0.39, 0.29) is 18.1 Å². The van der Waals surface area contributed by atoms with Crippen molar-refractivity contribution in [3.8, 4) is 0 Å². The molecule has 2 aliphatic rings. The van der Waals surface area contributed by atoms with Crippen LogP contribution in [-0.2, 0) is 9.53 Å². The first-order valence-corrected chi connectivity index (χ1v) is 6.32. The zero-order valence-electron chi connectivity index (χ0n) is 9.65. The summed E-state index contributed by atoms with van der Waals surface area (Å²) in [5, 5.41) is 12.4. The number of hydrogen-bond acceptors (Lipinski definition) is 3. The van der Waals surface area contributed by atoms with E-state index in [9.17, 15) is 9.90 Å². The van der Waals surface area contributed by atoms with E-state index in [0.717, 1.165) is 38.7 Å². The SMILES string of the molecule is O=C(CC1CCCCO1)NCC(O)C1CC1. The summed E-state index contributed by atoms with van der Waals surface area (Å²) in [5.41, 5.74) is 0. The minimum absolute atomic E-state index is 0.00611. The highest BCUT2D eigenvalue weighted by Gasteiger charge is 2.29. The third-order valence-electron chi connectivity index (χ3n) is 3.36. The molecule has 2 fully saturated rings. The number of aliphatic hydroxyl groups excluding tert-OH is 1. The predicted octanol–water partition coefficient (Wildman–Crippen LogP) is 0.833. The number of carbonyl (C=O) groups is 1. The average molecular weight is 227 g/mol. The summed E-state index contributed by atoms with van der Waals surface area (Å²) in [4.78, 5) is 11.6. The molecule has 1 aliphatic carbocycles. The minimum Gasteiger partial charge on any atom is -0.391 e. The van der Waals surface area contributed by atoms with E-state index in [2.05, 4.69) is 5.32 Å². The molecule has 1 saturated heterocycles. The van der Waals surface area contributed by atoms with E-state index >= 15 is 0 Å². The maximum atomic E-state index is 11.6. The summed E-state index contributed by atoms with van der Waals surface area (Å²) >= 11 is 0. The summed E-state index contributed by atoms with van der Waals surface area (Å²) in [6.07, 6.45) is 5.63. The van der Waals surface area contributed by atoms with Crippen LogP contribution in [0.25, 0.3) is 0 Å². The van der Waals surface area contributed by atoms with E-state index in [4.69, 9.17) is 4.74 Å². The molecule has 2 atom stereocenters. The fraction of sp³-hybridized carbons (Fsp3) is 0.917. The topological polar surface area (TPSA) is 58.6 Å². The molecule has 1 amide bonds. The van der Waals surface area contributed by atoms with Gasteiger partial charge in [-0.1, -0.05) is 0 Å². The van der Waals surface area contributed by atoms with Gasteiger partial charge in [-0.2, -0.15) is 0 Å². The van der Waals surface area contributed by atoms with Gasteiger partial charge in [0.25, 0.3) is 0 Å². The summed E-state index contributed by atoms with van der Waals surface area (Å²) < 4.78 is 5.49. The van der Waals surface area contributed by atoms with Crippen LogP contribution < -0.4 is 5.32 Å². The van der Waals surface area contributed by atoms with Crippen LogP contribution in [0.4, 0.5) is 0 Å². The molecule has 0 bridgehead atoms. The lowest BCUT2D eigenvalue weighted by molar-refractivity contribution is -0.125. The first-order chi connectivity index (χ1) is 7.75. The molecule has 4 nitrogen and oxygen atoms in total. The van der Waals surface area contributed by atoms with Crippen LogP contribution in [0.15, 0.2) is 0 Å². The Bertz CT molecular complexity index is 234. The molecule has 0 aromatic heterocycles. The predicted molar refractivity (Wildman–Crippen MR) is 59.9 cm³/mol. The highest BCUT2D eigenvalue weighted by molar-refractivity contribution is 5.76. The third kappa shape index (κ3) is 3.76. The number of nitrogens with one attached hydrogen (secondary N) is 1. The van der Waals surface area contributed by atoms with Gasteiger partial charge in [0.05, 0.1) is 18.6 Å². The first-order valence-electron chi connectivity index (χ1n) is 6.32. The van der Waals surface area contributed by atoms with E-state index in [1.165, 1.54) is 0 Å². The van der Waals surface area contributed by atoms with Gasteiger partial charge in [0.1, 0.15) is 0 Å². The highest BCUT2D eigenvalue weighted by Crippen LogP contribution is 2.32. The van der Waals surface area contributed by atoms with E-state index in [0.29, 0.717) is 18.9 Å². The number of hydrogen-bond donors (Lipinski definition) is 2. The zero-order valence-corrected chi connectivity index (χ0v) is 9.65. The van der Waals surface area contributed by atoms with E-state index in [1.54, 1.807) is 0 Å². The van der Waals surface area contributed by atoms with Gasteiger partial charge < -0.3 is 15.2 Å². The molecule has 1 saturated carbocycles. The number of carbonyl (C=O) groups excluding carboxylic acids is 1. The Morgan fingerprint density at radius 3 is 2.81 bits per heavy atom. The number of rotatable bonds is 5. The number of amides is 1. The molecular formula is C12H21NO3. The lowest BCUT2D eigenvalue weighted by Crippen LogP contribution is -2.36. The maximum absolute atomic E-state index is 11.6. The fourth-order valence-electron chi connectivity index (χ4n) is 2.11. The van der Waals surface area contributed by atoms with Crippen LogP contribution in [0.3, 0.4) is 0 Å². The summed E-state index contributed by atoms with van der Waals surface area (Å²) in [6, 6.07) is 0. The van der Waals surface area contributed by atoms with Crippen molar-refractivity contribution >= 4 is 5.91 Å². The Balaban J connectivity index is 1.59. The first kappa shape index (κ1) is 11.9. The van der Waals surface area contributed by atoms with Gasteiger partial charge in [0, 0.05) is 13.2 Å².